The summed E-state index contributed by atoms with van der Waals surface area (Å²) in [7, 11) is 0. The highest BCUT2D eigenvalue weighted by atomic mass is 15.1. The van der Waals surface area contributed by atoms with Crippen LogP contribution >= 0.6 is 0 Å². The van der Waals surface area contributed by atoms with Crippen molar-refractivity contribution in [2.75, 3.05) is 4.90 Å². The van der Waals surface area contributed by atoms with Gasteiger partial charge in [0.15, 0.2) is 0 Å². The summed E-state index contributed by atoms with van der Waals surface area (Å²) in [5.41, 5.74) is 28.6. The lowest BCUT2D eigenvalue weighted by Crippen LogP contribution is -2.08. The number of nitrogens with zero attached hydrogens (tertiary/aromatic N) is 12. The van der Waals surface area contributed by atoms with E-state index in [4.69, 9.17) is 4.98 Å². The van der Waals surface area contributed by atoms with Crippen LogP contribution in [0.25, 0.3) is 188 Å². The number of hydrogen-bond acceptors (Lipinski definition) is 6. The van der Waals surface area contributed by atoms with Crippen molar-refractivity contribution in [3.05, 3.63) is 421 Å². The lowest BCUT2D eigenvalue weighted by Gasteiger charge is -2.23. The van der Waals surface area contributed by atoms with E-state index in [1.54, 1.807) is 24.8 Å². The standard InChI is InChI=1S/C38H25N3.C36H28N4.C35H27N5/c1-3-11-27(12-4-1)40-34-17-9-7-15-30(34)32-24-29(19-20-36(32)40)39-22-21-26-23-38-33(25-37(26)39)31-16-8-10-18-35(31)41(38)28-13-5-2-6-14-28;1-2-39(32-21-28(26-10-8-18-37-24-26)20-29(22-32)27-11-9-19-38-25-27)31-16-17-36-34(23-31)33-14-6-7-15-35(33)40(36)30-12-4-3-5-13-30;1-3-4-11-24(2)40-33-15-6-5-12-27(33)28-23-34-25(20-35(28)40)16-19-39(34)26-21-31(29-13-7-9-17-36-29)38-32(22-26)30-14-8-10-18-37-30/h1-25H;2-4,6-12,14-25H,1,5,13H2;3,5-10,12-23H,1-2,4,11H2. The van der Waals surface area contributed by atoms with Crippen LogP contribution in [0.1, 0.15) is 25.7 Å². The molecule has 0 saturated heterocycles. The fourth-order valence-electron chi connectivity index (χ4n) is 17.8. The summed E-state index contributed by atoms with van der Waals surface area (Å²) in [6.07, 6.45) is 29.7. The molecule has 1 aliphatic rings. The van der Waals surface area contributed by atoms with Gasteiger partial charge < -0.3 is 32.3 Å². The molecule has 1 aliphatic carbocycles. The Kier molecular flexibility index (Phi) is 18.7. The molecule has 0 atom stereocenters. The molecular formula is C109H80N12. The highest BCUT2D eigenvalue weighted by Gasteiger charge is 2.23. The first-order chi connectivity index (χ1) is 59.9. The summed E-state index contributed by atoms with van der Waals surface area (Å²) in [6, 6.07) is 114. The number of fused-ring (bicyclic) bond motifs is 14. The van der Waals surface area contributed by atoms with Gasteiger partial charge in [0.25, 0.3) is 0 Å². The molecule has 0 radical (unpaired) electrons. The van der Waals surface area contributed by atoms with Crippen molar-refractivity contribution in [3.63, 3.8) is 0 Å². The van der Waals surface area contributed by atoms with E-state index >= 15 is 0 Å². The first-order valence-corrected chi connectivity index (χ1v) is 41.0. The first-order valence-electron chi connectivity index (χ1n) is 41.0. The third-order valence-corrected chi connectivity index (χ3v) is 23.4. The maximum atomic E-state index is 4.94. The predicted molar refractivity (Wildman–Crippen MR) is 505 cm³/mol. The van der Waals surface area contributed by atoms with Crippen LogP contribution in [-0.2, 0) is 0 Å². The Morgan fingerprint density at radius 2 is 0.851 bits per heavy atom. The van der Waals surface area contributed by atoms with Crippen molar-refractivity contribution in [3.8, 4) is 67.8 Å². The fourth-order valence-corrected chi connectivity index (χ4v) is 17.8. The minimum absolute atomic E-state index is 0.803. The van der Waals surface area contributed by atoms with Crippen LogP contribution in [0.2, 0.25) is 0 Å². The molecule has 12 heteroatoms. The Morgan fingerprint density at radius 3 is 1.40 bits per heavy atom. The van der Waals surface area contributed by atoms with E-state index in [0.29, 0.717) is 0 Å². The number of rotatable bonds is 16. The first kappa shape index (κ1) is 72.6. The van der Waals surface area contributed by atoms with Gasteiger partial charge in [0.2, 0.25) is 0 Å². The lowest BCUT2D eigenvalue weighted by molar-refractivity contribution is 0.979. The molecule has 22 aromatic rings. The second-order valence-electron chi connectivity index (χ2n) is 30.6. The van der Waals surface area contributed by atoms with Crippen LogP contribution in [0, 0.1) is 0 Å². The third kappa shape index (κ3) is 13.2. The molecule has 0 fully saturated rings. The van der Waals surface area contributed by atoms with Crippen LogP contribution in [0.5, 0.6) is 0 Å². The van der Waals surface area contributed by atoms with Gasteiger partial charge in [-0.1, -0.05) is 165 Å². The molecule has 0 N–H and O–H groups in total. The summed E-state index contributed by atoms with van der Waals surface area (Å²) in [5, 5.41) is 12.3. The maximum Gasteiger partial charge on any atom is 0.0915 e. The summed E-state index contributed by atoms with van der Waals surface area (Å²) in [6.45, 7) is 12.6. The van der Waals surface area contributed by atoms with Crippen LogP contribution in [-0.4, -0.2) is 52.3 Å². The Bertz CT molecular complexity index is 7700. The lowest BCUT2D eigenvalue weighted by atomic mass is 9.99. The van der Waals surface area contributed by atoms with Gasteiger partial charge in [-0.15, -0.1) is 6.58 Å². The molecule has 0 bridgehead atoms. The number of para-hydroxylation sites is 6. The average molecular weight is 1560 g/mol. The Morgan fingerprint density at radius 1 is 0.355 bits per heavy atom. The van der Waals surface area contributed by atoms with Crippen LogP contribution in [0.4, 0.5) is 11.4 Å². The zero-order chi connectivity index (χ0) is 80.9. The molecule has 121 heavy (non-hydrogen) atoms. The van der Waals surface area contributed by atoms with Crippen molar-refractivity contribution in [2.24, 2.45) is 0 Å². The highest BCUT2D eigenvalue weighted by Crippen LogP contribution is 2.44. The predicted octanol–water partition coefficient (Wildman–Crippen LogP) is 27.9. The molecular weight excluding hydrogens is 1480 g/mol. The van der Waals surface area contributed by atoms with Gasteiger partial charge in [0.1, 0.15) is 0 Å². The Balaban J connectivity index is 0.000000112. The molecule has 0 amide bonds. The van der Waals surface area contributed by atoms with E-state index in [9.17, 15) is 0 Å². The topological polar surface area (TPSA) is 97.3 Å². The van der Waals surface area contributed by atoms with Gasteiger partial charge in [-0.2, -0.15) is 0 Å². The van der Waals surface area contributed by atoms with E-state index in [0.717, 1.165) is 110 Å². The summed E-state index contributed by atoms with van der Waals surface area (Å²) >= 11 is 0. The molecule has 11 heterocycles. The van der Waals surface area contributed by atoms with Gasteiger partial charge >= 0.3 is 0 Å². The number of aromatic nitrogens is 11. The number of hydrogen-bond donors (Lipinski definition) is 0. The Hall–Kier alpha value is -16.1. The zero-order valence-electron chi connectivity index (χ0n) is 66.4. The minimum atomic E-state index is 0.803. The summed E-state index contributed by atoms with van der Waals surface area (Å²) in [5.74, 6) is 0. The van der Waals surface area contributed by atoms with Crippen LogP contribution < -0.4 is 4.90 Å². The van der Waals surface area contributed by atoms with Gasteiger partial charge in [-0.05, 0) is 231 Å². The highest BCUT2D eigenvalue weighted by molar-refractivity contribution is 6.17. The molecule has 576 valence electrons. The monoisotopic (exact) mass is 1560 g/mol. The van der Waals surface area contributed by atoms with Gasteiger partial charge in [-0.25, -0.2) is 4.98 Å². The van der Waals surface area contributed by atoms with E-state index < -0.39 is 0 Å². The third-order valence-electron chi connectivity index (χ3n) is 23.4. The van der Waals surface area contributed by atoms with E-state index in [-0.39, 0.29) is 0 Å². The van der Waals surface area contributed by atoms with Crippen molar-refractivity contribution in [1.29, 1.82) is 0 Å². The van der Waals surface area contributed by atoms with Gasteiger partial charge in [0.05, 0.1) is 77.9 Å². The fraction of sp³-hybridized carbons (Fsp3) is 0.0367. The number of benzene rings is 11. The van der Waals surface area contributed by atoms with Crippen LogP contribution in [0.3, 0.4) is 0 Å². The van der Waals surface area contributed by atoms with Crippen molar-refractivity contribution in [1.82, 2.24) is 52.3 Å². The average Bonchev–Trinajstić information content (AvgIpc) is 1.61. The van der Waals surface area contributed by atoms with E-state index in [1.807, 2.05) is 73.2 Å². The number of pyridine rings is 5. The van der Waals surface area contributed by atoms with Crippen LogP contribution in [0.15, 0.2) is 421 Å². The quantitative estimate of drug-likeness (QED) is 0.0894. The molecule has 11 aromatic carbocycles. The molecule has 0 unspecified atom stereocenters. The SMILES string of the molecule is C=CCCC(=C)n1c2ccccc2c2cc3c(ccn3-c3cc(-c4ccccn4)nc(-c4ccccn4)c3)cc21.C=CN(c1cc(-c2cccnc2)cc(-c2cccnc2)c1)c1ccc2c(c1)c1ccccc1n2C1=CC=CCC1.c1ccc(-n2c3ccccc3c3cc(-n4ccc5cc6c(cc54)c4ccccc4n6-c4ccccc4)ccc32)cc1. The molecule has 0 aliphatic heterocycles. The van der Waals surface area contributed by atoms with Gasteiger partial charge in [-0.3, -0.25) is 19.9 Å². The smallest absolute Gasteiger partial charge is 0.0915 e. The second kappa shape index (κ2) is 31.2. The van der Waals surface area contributed by atoms with Gasteiger partial charge in [0, 0.05) is 166 Å². The number of allylic oxidation sites excluding steroid dienone is 6. The van der Waals surface area contributed by atoms with Crippen molar-refractivity contribution < 1.29 is 0 Å². The summed E-state index contributed by atoms with van der Waals surface area (Å²) in [4.78, 5) is 25.0. The van der Waals surface area contributed by atoms with E-state index in [2.05, 4.69) is 376 Å². The normalized spacial score (nSPS) is 12.1. The Labute approximate surface area is 699 Å². The number of anilines is 2. The second-order valence-corrected chi connectivity index (χ2v) is 30.6. The maximum absolute atomic E-state index is 4.94. The molecule has 11 aromatic heterocycles. The van der Waals surface area contributed by atoms with Crippen molar-refractivity contribution in [2.45, 2.75) is 25.7 Å². The van der Waals surface area contributed by atoms with E-state index in [1.165, 1.54) is 115 Å². The minimum Gasteiger partial charge on any atom is -0.318 e. The largest absolute Gasteiger partial charge is 0.318 e. The molecule has 0 saturated carbocycles. The summed E-state index contributed by atoms with van der Waals surface area (Å²) < 4.78 is 14.0. The zero-order valence-corrected chi connectivity index (χ0v) is 66.4. The molecule has 23 rings (SSSR count). The molecule has 12 nitrogen and oxygen atoms in total. The van der Waals surface area contributed by atoms with Crippen molar-refractivity contribution >= 4 is 132 Å². The molecule has 0 spiro atoms.